The van der Waals surface area contributed by atoms with Crippen molar-refractivity contribution in [2.75, 3.05) is 5.88 Å². The highest BCUT2D eigenvalue weighted by molar-refractivity contribution is 7.89. The van der Waals surface area contributed by atoms with E-state index in [0.29, 0.717) is 5.56 Å². The third-order valence-corrected chi connectivity index (χ3v) is 5.59. The minimum Gasteiger partial charge on any atom is -0.207 e. The summed E-state index contributed by atoms with van der Waals surface area (Å²) in [5, 5.41) is 0. The second kappa shape index (κ2) is 4.79. The van der Waals surface area contributed by atoms with Gasteiger partial charge in [0.2, 0.25) is 10.0 Å². The Labute approximate surface area is 111 Å². The van der Waals surface area contributed by atoms with Crippen molar-refractivity contribution in [3.8, 4) is 0 Å². The van der Waals surface area contributed by atoms with E-state index in [1.807, 2.05) is 0 Å². The predicted octanol–water partition coefficient (Wildman–Crippen LogP) is 2.57. The summed E-state index contributed by atoms with van der Waals surface area (Å²) in [6.07, 6.45) is 2.41. The number of hydrogen-bond donors (Lipinski definition) is 1. The molecule has 2 rings (SSSR count). The van der Waals surface area contributed by atoms with Crippen LogP contribution in [0.25, 0.3) is 0 Å². The van der Waals surface area contributed by atoms with Gasteiger partial charge in [-0.25, -0.2) is 17.5 Å². The van der Waals surface area contributed by atoms with Crippen LogP contribution in [0.15, 0.2) is 23.1 Å². The molecule has 1 aliphatic carbocycles. The SMILES string of the molecule is Cc1ccc(F)cc1S(=O)(=O)NC1(CCl)CCC1. The summed E-state index contributed by atoms with van der Waals surface area (Å²) < 4.78 is 40.3. The monoisotopic (exact) mass is 291 g/mol. The number of hydrogen-bond acceptors (Lipinski definition) is 2. The van der Waals surface area contributed by atoms with E-state index in [0.717, 1.165) is 25.3 Å². The lowest BCUT2D eigenvalue weighted by atomic mass is 9.79. The van der Waals surface area contributed by atoms with Crippen LogP contribution in [-0.2, 0) is 10.0 Å². The molecule has 6 heteroatoms. The first kappa shape index (κ1) is 13.8. The van der Waals surface area contributed by atoms with Gasteiger partial charge in [0.05, 0.1) is 4.90 Å². The van der Waals surface area contributed by atoms with Gasteiger partial charge in [-0.2, -0.15) is 0 Å². The van der Waals surface area contributed by atoms with Crippen molar-refractivity contribution in [1.82, 2.24) is 4.72 Å². The van der Waals surface area contributed by atoms with Gasteiger partial charge >= 0.3 is 0 Å². The molecule has 0 amide bonds. The molecule has 1 fully saturated rings. The van der Waals surface area contributed by atoms with E-state index in [1.54, 1.807) is 6.92 Å². The molecule has 0 radical (unpaired) electrons. The number of nitrogens with one attached hydrogen (secondary N) is 1. The molecular weight excluding hydrogens is 277 g/mol. The summed E-state index contributed by atoms with van der Waals surface area (Å²) in [6.45, 7) is 1.64. The van der Waals surface area contributed by atoms with Crippen LogP contribution >= 0.6 is 11.6 Å². The topological polar surface area (TPSA) is 46.2 Å². The van der Waals surface area contributed by atoms with Crippen LogP contribution in [0.3, 0.4) is 0 Å². The molecule has 0 spiro atoms. The normalized spacial score (nSPS) is 18.4. The van der Waals surface area contributed by atoms with Gasteiger partial charge < -0.3 is 0 Å². The van der Waals surface area contributed by atoms with Crippen molar-refractivity contribution in [1.29, 1.82) is 0 Å². The minimum absolute atomic E-state index is 0.0149. The molecule has 3 nitrogen and oxygen atoms in total. The summed E-state index contributed by atoms with van der Waals surface area (Å²) in [5.41, 5.74) is -0.0352. The largest absolute Gasteiger partial charge is 0.241 e. The van der Waals surface area contributed by atoms with E-state index in [4.69, 9.17) is 11.6 Å². The molecule has 0 unspecified atom stereocenters. The Hall–Kier alpha value is -0.650. The first-order valence-corrected chi connectivity index (χ1v) is 7.76. The first-order chi connectivity index (χ1) is 8.38. The highest BCUT2D eigenvalue weighted by atomic mass is 35.5. The molecule has 1 aliphatic rings. The number of benzene rings is 1. The zero-order chi connectivity index (χ0) is 13.4. The quantitative estimate of drug-likeness (QED) is 0.867. The first-order valence-electron chi connectivity index (χ1n) is 5.75. The highest BCUT2D eigenvalue weighted by Crippen LogP contribution is 2.34. The molecule has 0 aromatic heterocycles. The Morgan fingerprint density at radius 2 is 2.11 bits per heavy atom. The third kappa shape index (κ3) is 2.53. The number of halogens is 2. The lowest BCUT2D eigenvalue weighted by molar-refractivity contribution is 0.252. The Kier molecular flexibility index (Phi) is 3.67. The number of sulfonamides is 1. The van der Waals surface area contributed by atoms with Crippen molar-refractivity contribution in [2.24, 2.45) is 0 Å². The molecule has 0 atom stereocenters. The van der Waals surface area contributed by atoms with Crippen LogP contribution in [0.2, 0.25) is 0 Å². The summed E-state index contributed by atoms with van der Waals surface area (Å²) in [6, 6.07) is 3.74. The smallest absolute Gasteiger partial charge is 0.207 e. The highest BCUT2D eigenvalue weighted by Gasteiger charge is 2.40. The average Bonchev–Trinajstić information content (AvgIpc) is 2.27. The maximum Gasteiger partial charge on any atom is 0.241 e. The van der Waals surface area contributed by atoms with Crippen molar-refractivity contribution in [3.05, 3.63) is 29.6 Å². The van der Waals surface area contributed by atoms with Gasteiger partial charge in [-0.15, -0.1) is 11.6 Å². The van der Waals surface area contributed by atoms with Gasteiger partial charge in [0.15, 0.2) is 0 Å². The van der Waals surface area contributed by atoms with Crippen LogP contribution in [0.4, 0.5) is 4.39 Å². The zero-order valence-corrected chi connectivity index (χ0v) is 11.6. The molecule has 18 heavy (non-hydrogen) atoms. The van der Waals surface area contributed by atoms with Crippen LogP contribution in [-0.4, -0.2) is 19.8 Å². The second-order valence-corrected chi connectivity index (χ2v) is 6.70. The number of aryl methyl sites for hydroxylation is 1. The van der Waals surface area contributed by atoms with Crippen molar-refractivity contribution >= 4 is 21.6 Å². The second-order valence-electron chi connectivity index (χ2n) is 4.78. The lowest BCUT2D eigenvalue weighted by Crippen LogP contribution is -2.54. The maximum absolute atomic E-state index is 13.2. The standard InChI is InChI=1S/C12H15ClFNO2S/c1-9-3-4-10(14)7-11(9)18(16,17)15-12(8-13)5-2-6-12/h3-4,7,15H,2,5-6,8H2,1H3. The van der Waals surface area contributed by atoms with Crippen LogP contribution < -0.4 is 4.72 Å². The zero-order valence-electron chi connectivity index (χ0n) is 10.0. The molecule has 1 saturated carbocycles. The Bertz CT molecular complexity index is 550. The van der Waals surface area contributed by atoms with E-state index in [9.17, 15) is 12.8 Å². The summed E-state index contributed by atoms with van der Waals surface area (Å²) >= 11 is 5.82. The fourth-order valence-electron chi connectivity index (χ4n) is 2.07. The van der Waals surface area contributed by atoms with E-state index < -0.39 is 21.4 Å². The van der Waals surface area contributed by atoms with E-state index in [1.165, 1.54) is 12.1 Å². The molecule has 0 saturated heterocycles. The predicted molar refractivity (Wildman–Crippen MR) is 68.8 cm³/mol. The average molecular weight is 292 g/mol. The van der Waals surface area contributed by atoms with E-state index in [-0.39, 0.29) is 10.8 Å². The molecule has 1 aromatic carbocycles. The third-order valence-electron chi connectivity index (χ3n) is 3.36. The summed E-state index contributed by atoms with van der Waals surface area (Å²) in [4.78, 5) is -0.0149. The Balaban J connectivity index is 2.33. The number of alkyl halides is 1. The Morgan fingerprint density at radius 3 is 2.61 bits per heavy atom. The lowest BCUT2D eigenvalue weighted by Gasteiger charge is -2.40. The van der Waals surface area contributed by atoms with Crippen LogP contribution in [0.1, 0.15) is 24.8 Å². The van der Waals surface area contributed by atoms with Gasteiger partial charge in [-0.3, -0.25) is 0 Å². The maximum atomic E-state index is 13.2. The molecule has 1 aromatic rings. The van der Waals surface area contributed by atoms with Crippen molar-refractivity contribution < 1.29 is 12.8 Å². The molecule has 0 heterocycles. The van der Waals surface area contributed by atoms with Crippen LogP contribution in [0, 0.1) is 12.7 Å². The van der Waals surface area contributed by atoms with Gasteiger partial charge in [0.25, 0.3) is 0 Å². The van der Waals surface area contributed by atoms with Gasteiger partial charge in [0.1, 0.15) is 5.82 Å². The molecular formula is C12H15ClFNO2S. The van der Waals surface area contributed by atoms with E-state index in [2.05, 4.69) is 4.72 Å². The van der Waals surface area contributed by atoms with E-state index >= 15 is 0 Å². The molecule has 0 aliphatic heterocycles. The minimum atomic E-state index is -3.72. The van der Waals surface area contributed by atoms with Gasteiger partial charge in [0, 0.05) is 11.4 Å². The fraction of sp³-hybridized carbons (Fsp3) is 0.500. The van der Waals surface area contributed by atoms with Gasteiger partial charge in [-0.05, 0) is 43.9 Å². The molecule has 1 N–H and O–H groups in total. The van der Waals surface area contributed by atoms with Crippen molar-refractivity contribution in [3.63, 3.8) is 0 Å². The number of rotatable bonds is 4. The van der Waals surface area contributed by atoms with Gasteiger partial charge in [-0.1, -0.05) is 6.07 Å². The molecule has 100 valence electrons. The summed E-state index contributed by atoms with van der Waals surface area (Å²) in [7, 11) is -3.72. The molecule has 0 bridgehead atoms. The van der Waals surface area contributed by atoms with Crippen LogP contribution in [0.5, 0.6) is 0 Å². The van der Waals surface area contributed by atoms with Crippen molar-refractivity contribution in [2.45, 2.75) is 36.6 Å². The Morgan fingerprint density at radius 1 is 1.44 bits per heavy atom. The fourth-order valence-corrected chi connectivity index (χ4v) is 4.20. The summed E-state index contributed by atoms with van der Waals surface area (Å²) in [5.74, 6) is -0.324.